The van der Waals surface area contributed by atoms with Crippen LogP contribution in [0.25, 0.3) is 0 Å². The zero-order valence-electron chi connectivity index (χ0n) is 13.2. The molecule has 1 aliphatic heterocycles. The molecule has 2 amide bonds. The van der Waals surface area contributed by atoms with Crippen molar-refractivity contribution in [3.63, 3.8) is 0 Å². The van der Waals surface area contributed by atoms with Gasteiger partial charge in [0.25, 0.3) is 11.6 Å². The summed E-state index contributed by atoms with van der Waals surface area (Å²) in [5.74, 6) is -0.479. The first-order valence-electron chi connectivity index (χ1n) is 7.26. The molecular weight excluding hydrogens is 302 g/mol. The van der Waals surface area contributed by atoms with Gasteiger partial charge in [0.2, 0.25) is 5.91 Å². The van der Waals surface area contributed by atoms with Crippen molar-refractivity contribution < 1.29 is 19.2 Å². The fraction of sp³-hybridized carbons (Fsp3) is 0.467. The van der Waals surface area contributed by atoms with Crippen molar-refractivity contribution in [3.8, 4) is 0 Å². The van der Waals surface area contributed by atoms with Crippen LogP contribution >= 0.6 is 0 Å². The number of rotatable bonds is 4. The molecule has 0 aliphatic carbocycles. The van der Waals surface area contributed by atoms with Crippen LogP contribution in [-0.4, -0.2) is 66.4 Å². The highest BCUT2D eigenvalue weighted by Gasteiger charge is 2.22. The molecule has 0 N–H and O–H groups in total. The summed E-state index contributed by atoms with van der Waals surface area (Å²) in [6.07, 6.45) is 0. The van der Waals surface area contributed by atoms with E-state index in [9.17, 15) is 19.7 Å². The maximum atomic E-state index is 12.4. The Morgan fingerprint density at radius 3 is 2.57 bits per heavy atom. The summed E-state index contributed by atoms with van der Waals surface area (Å²) < 4.78 is 5.19. The Morgan fingerprint density at radius 2 is 2.00 bits per heavy atom. The Hall–Kier alpha value is -2.48. The number of benzene rings is 1. The average Bonchev–Trinajstić information content (AvgIpc) is 2.54. The van der Waals surface area contributed by atoms with Gasteiger partial charge in [-0.15, -0.1) is 0 Å². The van der Waals surface area contributed by atoms with E-state index in [0.717, 1.165) is 0 Å². The van der Waals surface area contributed by atoms with Gasteiger partial charge in [-0.25, -0.2) is 0 Å². The highest BCUT2D eigenvalue weighted by atomic mass is 16.6. The van der Waals surface area contributed by atoms with Gasteiger partial charge in [0, 0.05) is 37.3 Å². The molecule has 1 aromatic carbocycles. The van der Waals surface area contributed by atoms with Gasteiger partial charge in [-0.05, 0) is 19.1 Å². The lowest BCUT2D eigenvalue weighted by molar-refractivity contribution is -0.385. The fourth-order valence-corrected chi connectivity index (χ4v) is 2.40. The topological polar surface area (TPSA) is 93.0 Å². The molecular formula is C15H19N3O5. The van der Waals surface area contributed by atoms with Crippen LogP contribution in [0.1, 0.15) is 15.9 Å². The Morgan fingerprint density at radius 1 is 1.35 bits per heavy atom. The largest absolute Gasteiger partial charge is 0.378 e. The maximum absolute atomic E-state index is 12.4. The number of hydrogen-bond acceptors (Lipinski definition) is 5. The normalized spacial score (nSPS) is 14.4. The molecule has 23 heavy (non-hydrogen) atoms. The summed E-state index contributed by atoms with van der Waals surface area (Å²) in [5.41, 5.74) is 0.702. The Kier molecular flexibility index (Phi) is 5.28. The van der Waals surface area contributed by atoms with Crippen molar-refractivity contribution in [3.05, 3.63) is 39.4 Å². The van der Waals surface area contributed by atoms with Gasteiger partial charge in [-0.1, -0.05) is 0 Å². The lowest BCUT2D eigenvalue weighted by Crippen LogP contribution is -2.46. The van der Waals surface area contributed by atoms with Crippen LogP contribution in [0.15, 0.2) is 18.2 Å². The van der Waals surface area contributed by atoms with Crippen molar-refractivity contribution in [2.75, 3.05) is 39.9 Å². The predicted molar refractivity (Wildman–Crippen MR) is 82.2 cm³/mol. The van der Waals surface area contributed by atoms with Crippen LogP contribution in [0, 0.1) is 17.0 Å². The molecule has 0 radical (unpaired) electrons. The molecule has 1 fully saturated rings. The van der Waals surface area contributed by atoms with E-state index in [-0.39, 0.29) is 24.0 Å². The van der Waals surface area contributed by atoms with Crippen LogP contribution in [0.4, 0.5) is 5.69 Å². The third-order valence-corrected chi connectivity index (χ3v) is 3.72. The van der Waals surface area contributed by atoms with Crippen LogP contribution in [0.5, 0.6) is 0 Å². The van der Waals surface area contributed by atoms with Crippen LogP contribution in [-0.2, 0) is 9.53 Å². The summed E-state index contributed by atoms with van der Waals surface area (Å²) in [6.45, 7) is 3.60. The maximum Gasteiger partial charge on any atom is 0.272 e. The minimum atomic E-state index is -0.491. The summed E-state index contributed by atoms with van der Waals surface area (Å²) in [4.78, 5) is 37.8. The molecule has 0 spiro atoms. The number of nitro groups is 1. The first-order valence-corrected chi connectivity index (χ1v) is 7.26. The number of ether oxygens (including phenoxy) is 1. The van der Waals surface area contributed by atoms with E-state index in [1.807, 2.05) is 0 Å². The van der Waals surface area contributed by atoms with E-state index in [2.05, 4.69) is 0 Å². The minimum Gasteiger partial charge on any atom is -0.378 e. The fourth-order valence-electron chi connectivity index (χ4n) is 2.40. The van der Waals surface area contributed by atoms with E-state index >= 15 is 0 Å². The van der Waals surface area contributed by atoms with Crippen molar-refractivity contribution in [1.29, 1.82) is 0 Å². The molecule has 0 bridgehead atoms. The van der Waals surface area contributed by atoms with Gasteiger partial charge in [0.05, 0.1) is 24.7 Å². The lowest BCUT2D eigenvalue weighted by Gasteiger charge is -2.28. The highest BCUT2D eigenvalue weighted by molar-refractivity contribution is 5.96. The highest BCUT2D eigenvalue weighted by Crippen LogP contribution is 2.19. The molecule has 2 rings (SSSR count). The van der Waals surface area contributed by atoms with Crippen LogP contribution < -0.4 is 0 Å². The number of amides is 2. The van der Waals surface area contributed by atoms with E-state index in [1.165, 1.54) is 30.1 Å². The quantitative estimate of drug-likeness (QED) is 0.605. The van der Waals surface area contributed by atoms with E-state index in [4.69, 9.17) is 4.74 Å². The number of morpholine rings is 1. The molecule has 0 saturated carbocycles. The third kappa shape index (κ3) is 4.04. The average molecular weight is 321 g/mol. The standard InChI is InChI=1S/C15H19N3O5/c1-11-9-12(3-4-13(11)18(21)22)15(20)16(2)10-14(19)17-5-7-23-8-6-17/h3-4,9H,5-8,10H2,1-2H3. The molecule has 1 saturated heterocycles. The van der Waals surface area contributed by atoms with Crippen molar-refractivity contribution in [2.24, 2.45) is 0 Å². The molecule has 0 unspecified atom stereocenters. The van der Waals surface area contributed by atoms with Gasteiger partial charge in [-0.2, -0.15) is 0 Å². The second-order valence-corrected chi connectivity index (χ2v) is 5.41. The van der Waals surface area contributed by atoms with Crippen molar-refractivity contribution in [2.45, 2.75) is 6.92 Å². The number of likely N-dealkylation sites (N-methyl/N-ethyl adjacent to an activating group) is 1. The monoisotopic (exact) mass is 321 g/mol. The van der Waals surface area contributed by atoms with E-state index < -0.39 is 4.92 Å². The van der Waals surface area contributed by atoms with E-state index in [0.29, 0.717) is 37.4 Å². The van der Waals surface area contributed by atoms with Crippen molar-refractivity contribution >= 4 is 17.5 Å². The summed E-state index contributed by atoms with van der Waals surface area (Å²) in [6, 6.07) is 4.18. The zero-order chi connectivity index (χ0) is 17.0. The van der Waals surface area contributed by atoms with Gasteiger partial charge in [0.1, 0.15) is 0 Å². The second kappa shape index (κ2) is 7.19. The van der Waals surface area contributed by atoms with Crippen LogP contribution in [0.2, 0.25) is 0 Å². The Bertz CT molecular complexity index is 626. The number of aryl methyl sites for hydroxylation is 1. The predicted octanol–water partition coefficient (Wildman–Crippen LogP) is 0.834. The SMILES string of the molecule is Cc1cc(C(=O)N(C)CC(=O)N2CCOCC2)ccc1[N+](=O)[O-]. The first-order chi connectivity index (χ1) is 10.9. The molecule has 1 aromatic rings. The summed E-state index contributed by atoms with van der Waals surface area (Å²) >= 11 is 0. The molecule has 1 aliphatic rings. The summed E-state index contributed by atoms with van der Waals surface area (Å²) in [5, 5.41) is 10.8. The number of nitro benzene ring substituents is 1. The lowest BCUT2D eigenvalue weighted by atomic mass is 10.1. The minimum absolute atomic E-state index is 0.0329. The third-order valence-electron chi connectivity index (χ3n) is 3.72. The van der Waals surface area contributed by atoms with Gasteiger partial charge >= 0.3 is 0 Å². The molecule has 0 atom stereocenters. The molecule has 8 nitrogen and oxygen atoms in total. The second-order valence-electron chi connectivity index (χ2n) is 5.41. The molecule has 0 aromatic heterocycles. The van der Waals surface area contributed by atoms with Gasteiger partial charge in [-0.3, -0.25) is 19.7 Å². The molecule has 1 heterocycles. The molecule has 8 heteroatoms. The zero-order valence-corrected chi connectivity index (χ0v) is 13.2. The smallest absolute Gasteiger partial charge is 0.272 e. The Balaban J connectivity index is 2.03. The number of hydrogen-bond donors (Lipinski definition) is 0. The van der Waals surface area contributed by atoms with Crippen LogP contribution in [0.3, 0.4) is 0 Å². The number of carbonyl (C=O) groups excluding carboxylic acids is 2. The molecule has 124 valence electrons. The number of carbonyl (C=O) groups is 2. The number of nitrogens with zero attached hydrogens (tertiary/aromatic N) is 3. The van der Waals surface area contributed by atoms with Gasteiger partial charge in [0.15, 0.2) is 0 Å². The van der Waals surface area contributed by atoms with Crippen molar-refractivity contribution in [1.82, 2.24) is 9.80 Å². The Labute approximate surface area is 133 Å². The van der Waals surface area contributed by atoms with E-state index in [1.54, 1.807) is 11.8 Å². The first kappa shape index (κ1) is 16.9. The summed E-state index contributed by atoms with van der Waals surface area (Å²) in [7, 11) is 1.54. The van der Waals surface area contributed by atoms with Gasteiger partial charge < -0.3 is 14.5 Å².